The van der Waals surface area contributed by atoms with Crippen molar-refractivity contribution in [2.45, 2.75) is 77.7 Å². The Balaban J connectivity index is 2.09. The van der Waals surface area contributed by atoms with Crippen molar-refractivity contribution in [2.75, 3.05) is 19.6 Å². The lowest BCUT2D eigenvalue weighted by Crippen LogP contribution is -2.34. The van der Waals surface area contributed by atoms with Crippen LogP contribution in [0.5, 0.6) is 0 Å². The molecule has 0 radical (unpaired) electrons. The van der Waals surface area contributed by atoms with Gasteiger partial charge in [-0.3, -0.25) is 4.99 Å². The van der Waals surface area contributed by atoms with Gasteiger partial charge in [0.05, 0.1) is 12.6 Å². The molecule has 3 nitrogen and oxygen atoms in total. The summed E-state index contributed by atoms with van der Waals surface area (Å²) in [4.78, 5) is 6.72. The fraction of sp³-hybridized carbons (Fsp3) is 0.833. The Morgan fingerprint density at radius 1 is 1.14 bits per heavy atom. The topological polar surface area (TPSA) is 35.8 Å². The predicted molar refractivity (Wildman–Crippen MR) is 91.9 cm³/mol. The molecule has 0 aliphatic carbocycles. The van der Waals surface area contributed by atoms with Crippen molar-refractivity contribution in [2.24, 2.45) is 4.99 Å². The van der Waals surface area contributed by atoms with Gasteiger partial charge in [0.2, 0.25) is 0 Å². The first-order valence-corrected chi connectivity index (χ1v) is 8.92. The highest BCUT2D eigenvalue weighted by molar-refractivity contribution is 5.94. The molecule has 1 rings (SSSR count). The average Bonchev–Trinajstić information content (AvgIpc) is 2.92. The SMILES string of the molecule is CCCCCCCCCC=CC1=NCCN1CC(O)CC. The molecular formula is C18H34N2O. The molecule has 1 atom stereocenters. The van der Waals surface area contributed by atoms with E-state index in [2.05, 4.69) is 29.0 Å². The van der Waals surface area contributed by atoms with E-state index in [1.165, 1.54) is 44.9 Å². The molecule has 0 amide bonds. The van der Waals surface area contributed by atoms with E-state index in [9.17, 15) is 5.11 Å². The molecule has 1 heterocycles. The third kappa shape index (κ3) is 8.25. The van der Waals surface area contributed by atoms with Gasteiger partial charge in [-0.1, -0.05) is 58.4 Å². The molecule has 0 fully saturated rings. The van der Waals surface area contributed by atoms with E-state index in [1.54, 1.807) is 0 Å². The number of rotatable bonds is 12. The average molecular weight is 294 g/mol. The lowest BCUT2D eigenvalue weighted by atomic mass is 10.1. The molecule has 0 aromatic carbocycles. The van der Waals surface area contributed by atoms with Gasteiger partial charge < -0.3 is 10.0 Å². The van der Waals surface area contributed by atoms with Gasteiger partial charge in [0.1, 0.15) is 5.84 Å². The summed E-state index contributed by atoms with van der Waals surface area (Å²) in [6.07, 6.45) is 15.6. The van der Waals surface area contributed by atoms with Crippen LogP contribution in [0, 0.1) is 0 Å². The third-order valence-corrected chi connectivity index (χ3v) is 4.11. The van der Waals surface area contributed by atoms with Crippen LogP contribution in [0.2, 0.25) is 0 Å². The van der Waals surface area contributed by atoms with Crippen LogP contribution in [-0.4, -0.2) is 41.6 Å². The number of β-amino-alcohol motifs (C(OH)–C–C–N with tert-alkyl or cyclic N) is 1. The summed E-state index contributed by atoms with van der Waals surface area (Å²) in [6.45, 7) is 6.83. The number of allylic oxidation sites excluding steroid dienone is 1. The Kier molecular flexibility index (Phi) is 10.2. The second-order valence-electron chi connectivity index (χ2n) is 6.06. The molecule has 21 heavy (non-hydrogen) atoms. The second-order valence-corrected chi connectivity index (χ2v) is 6.06. The lowest BCUT2D eigenvalue weighted by Gasteiger charge is -2.21. The first kappa shape index (κ1) is 18.2. The highest BCUT2D eigenvalue weighted by Gasteiger charge is 2.16. The number of aliphatic hydroxyl groups is 1. The molecule has 1 unspecified atom stereocenters. The van der Waals surface area contributed by atoms with Crippen molar-refractivity contribution in [3.8, 4) is 0 Å². The lowest BCUT2D eigenvalue weighted by molar-refractivity contribution is 0.142. The standard InChI is InChI=1S/C18H34N2O/c1-3-5-6-7-8-9-10-11-12-13-18-19-14-15-20(18)16-17(21)4-2/h12-13,17,21H,3-11,14-16H2,1-2H3. The van der Waals surface area contributed by atoms with Crippen LogP contribution in [0.3, 0.4) is 0 Å². The third-order valence-electron chi connectivity index (χ3n) is 4.11. The Morgan fingerprint density at radius 3 is 2.57 bits per heavy atom. The molecule has 0 saturated carbocycles. The zero-order chi connectivity index (χ0) is 15.3. The summed E-state index contributed by atoms with van der Waals surface area (Å²) in [5.74, 6) is 1.06. The minimum Gasteiger partial charge on any atom is -0.391 e. The maximum absolute atomic E-state index is 9.75. The van der Waals surface area contributed by atoms with Crippen molar-refractivity contribution in [3.63, 3.8) is 0 Å². The maximum atomic E-state index is 9.75. The van der Waals surface area contributed by atoms with E-state index in [4.69, 9.17) is 0 Å². The van der Waals surface area contributed by atoms with Crippen molar-refractivity contribution in [1.29, 1.82) is 0 Å². The van der Waals surface area contributed by atoms with Crippen LogP contribution in [0.4, 0.5) is 0 Å². The van der Waals surface area contributed by atoms with Gasteiger partial charge in [0.15, 0.2) is 0 Å². The van der Waals surface area contributed by atoms with E-state index in [-0.39, 0.29) is 6.10 Å². The smallest absolute Gasteiger partial charge is 0.123 e. The van der Waals surface area contributed by atoms with Gasteiger partial charge in [-0.2, -0.15) is 0 Å². The monoisotopic (exact) mass is 294 g/mol. The Labute approximate surface area is 131 Å². The van der Waals surface area contributed by atoms with Crippen molar-refractivity contribution in [1.82, 2.24) is 4.90 Å². The number of nitrogens with zero attached hydrogens (tertiary/aromatic N) is 2. The fourth-order valence-electron chi connectivity index (χ4n) is 2.63. The minimum absolute atomic E-state index is 0.232. The Hall–Kier alpha value is -0.830. The molecule has 1 aliphatic rings. The van der Waals surface area contributed by atoms with E-state index in [0.29, 0.717) is 0 Å². The number of amidine groups is 1. The highest BCUT2D eigenvalue weighted by atomic mass is 16.3. The molecular weight excluding hydrogens is 260 g/mol. The summed E-state index contributed by atoms with van der Waals surface area (Å²) in [6, 6.07) is 0. The van der Waals surface area contributed by atoms with Crippen LogP contribution >= 0.6 is 0 Å². The van der Waals surface area contributed by atoms with Crippen LogP contribution < -0.4 is 0 Å². The molecule has 1 aliphatic heterocycles. The molecule has 0 spiro atoms. The van der Waals surface area contributed by atoms with Crippen molar-refractivity contribution in [3.05, 3.63) is 12.2 Å². The predicted octanol–water partition coefficient (Wildman–Crippen LogP) is 4.17. The van der Waals surface area contributed by atoms with E-state index in [0.717, 1.165) is 38.3 Å². The number of hydrogen-bond acceptors (Lipinski definition) is 3. The van der Waals surface area contributed by atoms with Crippen LogP contribution in [0.1, 0.15) is 71.6 Å². The minimum atomic E-state index is -0.232. The number of aliphatic imine (C=N–C) groups is 1. The summed E-state index contributed by atoms with van der Waals surface area (Å²) in [7, 11) is 0. The van der Waals surface area contributed by atoms with E-state index < -0.39 is 0 Å². The molecule has 0 aromatic heterocycles. The fourth-order valence-corrected chi connectivity index (χ4v) is 2.63. The number of unbranched alkanes of at least 4 members (excludes halogenated alkanes) is 7. The maximum Gasteiger partial charge on any atom is 0.123 e. The number of hydrogen-bond donors (Lipinski definition) is 1. The van der Waals surface area contributed by atoms with E-state index >= 15 is 0 Å². The zero-order valence-electron chi connectivity index (χ0n) is 14.1. The first-order valence-electron chi connectivity index (χ1n) is 8.92. The first-order chi connectivity index (χ1) is 10.3. The van der Waals surface area contributed by atoms with Gasteiger partial charge in [0.25, 0.3) is 0 Å². The molecule has 3 heteroatoms. The van der Waals surface area contributed by atoms with Crippen LogP contribution in [-0.2, 0) is 0 Å². The molecule has 1 N–H and O–H groups in total. The molecule has 122 valence electrons. The van der Waals surface area contributed by atoms with Crippen molar-refractivity contribution >= 4 is 5.84 Å². The number of aliphatic hydroxyl groups excluding tert-OH is 1. The Bertz CT molecular complexity index is 312. The van der Waals surface area contributed by atoms with Gasteiger partial charge in [-0.25, -0.2) is 0 Å². The molecule has 0 aromatic rings. The summed E-state index contributed by atoms with van der Waals surface area (Å²) < 4.78 is 0. The van der Waals surface area contributed by atoms with Gasteiger partial charge in [0, 0.05) is 13.1 Å². The molecule has 0 saturated heterocycles. The largest absolute Gasteiger partial charge is 0.391 e. The summed E-state index contributed by atoms with van der Waals surface area (Å²) in [5, 5.41) is 9.75. The van der Waals surface area contributed by atoms with Crippen LogP contribution in [0.15, 0.2) is 17.1 Å². The van der Waals surface area contributed by atoms with Gasteiger partial charge >= 0.3 is 0 Å². The second kappa shape index (κ2) is 11.8. The summed E-state index contributed by atoms with van der Waals surface area (Å²) in [5.41, 5.74) is 0. The highest BCUT2D eigenvalue weighted by Crippen LogP contribution is 2.10. The van der Waals surface area contributed by atoms with E-state index in [1.807, 2.05) is 6.92 Å². The summed E-state index contributed by atoms with van der Waals surface area (Å²) >= 11 is 0. The Morgan fingerprint density at radius 2 is 1.86 bits per heavy atom. The normalized spacial score (nSPS) is 16.7. The van der Waals surface area contributed by atoms with Crippen molar-refractivity contribution < 1.29 is 5.11 Å². The van der Waals surface area contributed by atoms with Gasteiger partial charge in [-0.15, -0.1) is 0 Å². The quantitative estimate of drug-likeness (QED) is 0.548. The van der Waals surface area contributed by atoms with Crippen LogP contribution in [0.25, 0.3) is 0 Å². The zero-order valence-corrected chi connectivity index (χ0v) is 14.1. The van der Waals surface area contributed by atoms with Gasteiger partial charge in [-0.05, 0) is 25.3 Å². The molecule has 0 bridgehead atoms.